The third kappa shape index (κ3) is 3.50. The Morgan fingerprint density at radius 2 is 1.97 bits per heavy atom. The zero-order chi connectivity index (χ0) is 20.9. The second-order valence-electron chi connectivity index (χ2n) is 7.47. The number of piperidine rings is 1. The molecule has 0 unspecified atom stereocenters. The average Bonchev–Trinajstić information content (AvgIpc) is 2.62. The number of aliphatic hydroxyl groups is 1. The largest absolute Gasteiger partial charge is 0.507 e. The van der Waals surface area contributed by atoms with Crippen molar-refractivity contribution in [1.82, 2.24) is 4.90 Å². The molecule has 2 atom stereocenters. The molecule has 0 amide bonds. The number of hydrogen-bond donors (Lipinski definition) is 3. The lowest BCUT2D eigenvalue weighted by atomic mass is 9.85. The molecule has 0 aliphatic carbocycles. The van der Waals surface area contributed by atoms with Crippen molar-refractivity contribution < 1.29 is 19.7 Å². The molecule has 0 bridgehead atoms. The lowest BCUT2D eigenvalue weighted by molar-refractivity contribution is 0.0630. The molecule has 2 aromatic carbocycles. The summed E-state index contributed by atoms with van der Waals surface area (Å²) in [5, 5.41) is 31.7. The maximum Gasteiger partial charge on any atom is 0.197 e. The number of rotatable bonds is 2. The molecule has 0 saturated carbocycles. The number of nitrogens with zero attached hydrogens (tertiary/aromatic N) is 1. The van der Waals surface area contributed by atoms with E-state index in [0.717, 1.165) is 6.07 Å². The number of likely N-dealkylation sites (tertiary alicyclic amines) is 1. The van der Waals surface area contributed by atoms with E-state index in [1.807, 2.05) is 11.9 Å². The Kier molecular flexibility index (Phi) is 5.06. The molecule has 148 valence electrons. The summed E-state index contributed by atoms with van der Waals surface area (Å²) in [5.74, 6) is -0.879. The molecule has 1 aliphatic heterocycles. The van der Waals surface area contributed by atoms with Gasteiger partial charge in [0, 0.05) is 35.7 Å². The monoisotopic (exact) mass is 411 g/mol. The maximum absolute atomic E-state index is 12.8. The molecule has 29 heavy (non-hydrogen) atoms. The van der Waals surface area contributed by atoms with Crippen LogP contribution >= 0.6 is 11.6 Å². The average molecular weight is 412 g/mol. The maximum atomic E-state index is 12.8. The van der Waals surface area contributed by atoms with Crippen molar-refractivity contribution >= 4 is 35.9 Å². The molecule has 2 radical (unpaired) electrons. The summed E-state index contributed by atoms with van der Waals surface area (Å²) in [4.78, 5) is 14.8. The first-order chi connectivity index (χ1) is 13.8. The Morgan fingerprint density at radius 3 is 2.66 bits per heavy atom. The summed E-state index contributed by atoms with van der Waals surface area (Å²) < 4.78 is 6.00. The number of phenols is 2. The standard InChI is InChI=1S/C21H19BClNO5/c1-24-5-4-12(17(28)9-24)19-14(25)7-15(26)20-16(27)8-18(29-21(19)20)11-3-2-10(22)6-13(11)23/h2-3,6-8,12,17,25-26,28H,4-5,9H2,1H3/t12-,17+/m0/s1. The second-order valence-corrected chi connectivity index (χ2v) is 7.88. The highest BCUT2D eigenvalue weighted by Crippen LogP contribution is 2.42. The number of halogens is 1. The van der Waals surface area contributed by atoms with E-state index < -0.39 is 17.5 Å². The fraction of sp³-hybridized carbons (Fsp3) is 0.286. The number of aromatic hydroxyl groups is 2. The van der Waals surface area contributed by atoms with Gasteiger partial charge < -0.3 is 24.6 Å². The van der Waals surface area contributed by atoms with Crippen LogP contribution in [-0.4, -0.2) is 54.3 Å². The lowest BCUT2D eigenvalue weighted by Crippen LogP contribution is -2.40. The Hall–Kier alpha value is -2.48. The zero-order valence-electron chi connectivity index (χ0n) is 15.7. The summed E-state index contributed by atoms with van der Waals surface area (Å²) in [6.07, 6.45) is -0.205. The van der Waals surface area contributed by atoms with Gasteiger partial charge in [-0.15, -0.1) is 0 Å². The van der Waals surface area contributed by atoms with Crippen LogP contribution < -0.4 is 10.9 Å². The van der Waals surface area contributed by atoms with Crippen molar-refractivity contribution in [2.45, 2.75) is 18.4 Å². The molecule has 1 aromatic heterocycles. The van der Waals surface area contributed by atoms with E-state index in [1.165, 1.54) is 6.07 Å². The molecule has 3 aromatic rings. The van der Waals surface area contributed by atoms with E-state index in [4.69, 9.17) is 23.9 Å². The second kappa shape index (κ2) is 7.41. The lowest BCUT2D eigenvalue weighted by Gasteiger charge is -2.34. The van der Waals surface area contributed by atoms with E-state index in [9.17, 15) is 20.1 Å². The van der Waals surface area contributed by atoms with Crippen LogP contribution in [0.5, 0.6) is 11.5 Å². The highest BCUT2D eigenvalue weighted by Gasteiger charge is 2.33. The minimum atomic E-state index is -0.763. The topological polar surface area (TPSA) is 94.1 Å². The number of aliphatic hydroxyl groups excluding tert-OH is 1. The van der Waals surface area contributed by atoms with Gasteiger partial charge in [0.05, 0.1) is 11.1 Å². The Balaban J connectivity index is 1.99. The van der Waals surface area contributed by atoms with Crippen LogP contribution in [0.4, 0.5) is 0 Å². The predicted molar refractivity (Wildman–Crippen MR) is 113 cm³/mol. The number of fused-ring (bicyclic) bond motifs is 1. The van der Waals surface area contributed by atoms with Crippen LogP contribution in [0.15, 0.2) is 39.5 Å². The highest BCUT2D eigenvalue weighted by atomic mass is 35.5. The molecular weight excluding hydrogens is 392 g/mol. The van der Waals surface area contributed by atoms with Gasteiger partial charge in [-0.3, -0.25) is 4.79 Å². The van der Waals surface area contributed by atoms with E-state index >= 15 is 0 Å². The third-order valence-corrected chi connectivity index (χ3v) is 5.72. The molecule has 1 saturated heterocycles. The van der Waals surface area contributed by atoms with Gasteiger partial charge in [-0.1, -0.05) is 29.2 Å². The van der Waals surface area contributed by atoms with Crippen LogP contribution in [0.25, 0.3) is 22.3 Å². The van der Waals surface area contributed by atoms with E-state index in [-0.39, 0.29) is 28.2 Å². The Morgan fingerprint density at radius 1 is 1.21 bits per heavy atom. The van der Waals surface area contributed by atoms with Crippen LogP contribution in [0.2, 0.25) is 5.02 Å². The van der Waals surface area contributed by atoms with Crippen LogP contribution in [0.3, 0.4) is 0 Å². The summed E-state index contributed by atoms with van der Waals surface area (Å²) >= 11 is 6.27. The smallest absolute Gasteiger partial charge is 0.197 e. The van der Waals surface area contributed by atoms with Crippen molar-refractivity contribution in [2.75, 3.05) is 20.1 Å². The summed E-state index contributed by atoms with van der Waals surface area (Å²) in [5.41, 5.74) is 0.801. The van der Waals surface area contributed by atoms with Crippen molar-refractivity contribution in [1.29, 1.82) is 0 Å². The molecule has 2 heterocycles. The fourth-order valence-electron chi connectivity index (χ4n) is 3.97. The number of likely N-dealkylation sites (N-methyl/N-ethyl adjacent to an activating group) is 1. The fourth-order valence-corrected chi connectivity index (χ4v) is 4.25. The summed E-state index contributed by atoms with van der Waals surface area (Å²) in [7, 11) is 7.64. The van der Waals surface area contributed by atoms with Gasteiger partial charge in [-0.05, 0) is 26.1 Å². The van der Waals surface area contributed by atoms with Gasteiger partial charge in [0.25, 0.3) is 0 Å². The first-order valence-electron chi connectivity index (χ1n) is 9.21. The van der Waals surface area contributed by atoms with Crippen molar-refractivity contribution in [3.63, 3.8) is 0 Å². The first kappa shape index (κ1) is 19.8. The normalized spacial score (nSPS) is 20.2. The molecule has 4 rings (SSSR count). The van der Waals surface area contributed by atoms with Gasteiger partial charge in [-0.2, -0.15) is 0 Å². The zero-order valence-corrected chi connectivity index (χ0v) is 16.5. The Bertz CT molecular complexity index is 1160. The van der Waals surface area contributed by atoms with Crippen molar-refractivity contribution in [3.8, 4) is 22.8 Å². The third-order valence-electron chi connectivity index (χ3n) is 5.41. The molecule has 1 fully saturated rings. The van der Waals surface area contributed by atoms with E-state index in [1.54, 1.807) is 18.2 Å². The quantitative estimate of drug-likeness (QED) is 0.559. The number of β-amino-alcohol motifs (C(OH)–C–C–N with tert-alkyl or cyclic N) is 1. The van der Waals surface area contributed by atoms with Gasteiger partial charge >= 0.3 is 0 Å². The van der Waals surface area contributed by atoms with Crippen LogP contribution in [-0.2, 0) is 0 Å². The number of benzene rings is 2. The van der Waals surface area contributed by atoms with Crippen molar-refractivity contribution in [2.24, 2.45) is 0 Å². The van der Waals surface area contributed by atoms with E-state index in [0.29, 0.717) is 41.1 Å². The minimum absolute atomic E-state index is 0.0424. The minimum Gasteiger partial charge on any atom is -0.507 e. The molecule has 1 aliphatic rings. The van der Waals surface area contributed by atoms with Gasteiger partial charge in [0.1, 0.15) is 36.1 Å². The van der Waals surface area contributed by atoms with Gasteiger partial charge in [-0.25, -0.2) is 0 Å². The van der Waals surface area contributed by atoms with Crippen molar-refractivity contribution in [3.05, 3.63) is 51.1 Å². The highest BCUT2D eigenvalue weighted by molar-refractivity contribution is 6.37. The number of hydrogen-bond acceptors (Lipinski definition) is 6. The van der Waals surface area contributed by atoms with Crippen LogP contribution in [0.1, 0.15) is 17.9 Å². The van der Waals surface area contributed by atoms with Crippen LogP contribution in [0, 0.1) is 0 Å². The van der Waals surface area contributed by atoms with Gasteiger partial charge in [0.2, 0.25) is 0 Å². The van der Waals surface area contributed by atoms with Gasteiger partial charge in [0.15, 0.2) is 5.43 Å². The molecule has 8 heteroatoms. The predicted octanol–water partition coefficient (Wildman–Crippen LogP) is 2.10. The molecule has 6 nitrogen and oxygen atoms in total. The molecular formula is C21H19BClNO5. The first-order valence-corrected chi connectivity index (χ1v) is 9.58. The molecule has 3 N–H and O–H groups in total. The molecule has 0 spiro atoms. The SMILES string of the molecule is [B]c1ccc(-c2cc(=O)c3c(O)cc(O)c([C@H]4CCN(C)C[C@H]4O)c3o2)c(Cl)c1. The summed E-state index contributed by atoms with van der Waals surface area (Å²) in [6, 6.07) is 7.17. The summed E-state index contributed by atoms with van der Waals surface area (Å²) in [6.45, 7) is 1.12. The van der Waals surface area contributed by atoms with E-state index in [2.05, 4.69) is 0 Å². The Labute approximate surface area is 173 Å². The number of phenolic OH excluding ortho intramolecular Hbond substituents is 2.